The number of benzene rings is 1. The van der Waals surface area contributed by atoms with Crippen LogP contribution in [0, 0.1) is 5.92 Å². The summed E-state index contributed by atoms with van der Waals surface area (Å²) >= 11 is 0. The summed E-state index contributed by atoms with van der Waals surface area (Å²) in [5.74, 6) is 1.19. The van der Waals surface area contributed by atoms with E-state index in [1.807, 2.05) is 44.2 Å². The molecule has 1 heterocycles. The summed E-state index contributed by atoms with van der Waals surface area (Å²) in [5.41, 5.74) is 11.4. The molecule has 23 heavy (non-hydrogen) atoms. The van der Waals surface area contributed by atoms with Crippen molar-refractivity contribution in [3.8, 4) is 0 Å². The number of allylic oxidation sites excluding steroid dienone is 3. The molecule has 0 spiro atoms. The van der Waals surface area contributed by atoms with Crippen LogP contribution < -0.4 is 10.6 Å². The van der Waals surface area contributed by atoms with Crippen molar-refractivity contribution >= 4 is 11.5 Å². The number of aliphatic imine (C=N–C) groups is 1. The van der Waals surface area contributed by atoms with Crippen molar-refractivity contribution in [3.63, 3.8) is 0 Å². The van der Waals surface area contributed by atoms with Crippen LogP contribution in [0.3, 0.4) is 0 Å². The van der Waals surface area contributed by atoms with Crippen LogP contribution in [0.15, 0.2) is 82.8 Å². The Kier molecular flexibility index (Phi) is 4.89. The van der Waals surface area contributed by atoms with Gasteiger partial charge < -0.3 is 5.73 Å². The molecule has 2 rings (SSSR count). The zero-order valence-corrected chi connectivity index (χ0v) is 14.4. The summed E-state index contributed by atoms with van der Waals surface area (Å²) in [5, 5.41) is 0. The highest BCUT2D eigenvalue weighted by molar-refractivity contribution is 6.03. The van der Waals surface area contributed by atoms with Gasteiger partial charge in [-0.1, -0.05) is 45.2 Å². The second-order valence-electron chi connectivity index (χ2n) is 6.01. The second kappa shape index (κ2) is 6.69. The number of para-hydroxylation sites is 1. The smallest absolute Gasteiger partial charge is 0.116 e. The first-order valence-electron chi connectivity index (χ1n) is 7.80. The monoisotopic (exact) mass is 307 g/mol. The van der Waals surface area contributed by atoms with Gasteiger partial charge in [0, 0.05) is 34.8 Å². The van der Waals surface area contributed by atoms with Crippen molar-refractivity contribution < 1.29 is 0 Å². The third-order valence-electron chi connectivity index (χ3n) is 4.11. The predicted octanol–water partition coefficient (Wildman–Crippen LogP) is 4.77. The summed E-state index contributed by atoms with van der Waals surface area (Å²) in [6.07, 6.45) is 1.58. The fourth-order valence-electron chi connectivity index (χ4n) is 2.61. The van der Waals surface area contributed by atoms with E-state index < -0.39 is 0 Å². The summed E-state index contributed by atoms with van der Waals surface area (Å²) in [6, 6.07) is 10.1. The molecule has 3 heteroatoms. The second-order valence-corrected chi connectivity index (χ2v) is 6.01. The molecule has 0 atom stereocenters. The number of rotatable bonds is 2. The average Bonchev–Trinajstić information content (AvgIpc) is 2.54. The normalized spacial score (nSPS) is 23.8. The highest BCUT2D eigenvalue weighted by Gasteiger charge is 2.26. The van der Waals surface area contributed by atoms with Crippen LogP contribution in [0.4, 0.5) is 5.69 Å². The standard InChI is InChI=1S/C20H25N3/c1-13(2)20-22-16(5)14(3)15(4)19(12-21)17(6)23(20)18-10-8-7-9-11-18/h7-13H,4,6,21H2,1-3,5H3/b16-14-,19-12+,22-20-. The van der Waals surface area contributed by atoms with E-state index >= 15 is 0 Å². The van der Waals surface area contributed by atoms with Crippen LogP contribution in [0.1, 0.15) is 27.7 Å². The first kappa shape index (κ1) is 16.8. The van der Waals surface area contributed by atoms with E-state index in [2.05, 4.69) is 31.9 Å². The highest BCUT2D eigenvalue weighted by atomic mass is 15.2. The van der Waals surface area contributed by atoms with E-state index in [1.165, 1.54) is 0 Å². The fraction of sp³-hybridized carbons (Fsp3) is 0.250. The first-order chi connectivity index (χ1) is 10.9. The van der Waals surface area contributed by atoms with Crippen LogP contribution in [-0.4, -0.2) is 5.84 Å². The lowest BCUT2D eigenvalue weighted by molar-refractivity contribution is 0.851. The maximum atomic E-state index is 5.90. The lowest BCUT2D eigenvalue weighted by atomic mass is 9.95. The number of hydrogen-bond donors (Lipinski definition) is 1. The fourth-order valence-corrected chi connectivity index (χ4v) is 2.61. The van der Waals surface area contributed by atoms with Crippen LogP contribution in [0.25, 0.3) is 0 Å². The maximum absolute atomic E-state index is 5.90. The zero-order chi connectivity index (χ0) is 17.1. The quantitative estimate of drug-likeness (QED) is 0.855. The third kappa shape index (κ3) is 3.14. The Morgan fingerprint density at radius 3 is 2.26 bits per heavy atom. The minimum Gasteiger partial charge on any atom is -0.404 e. The summed E-state index contributed by atoms with van der Waals surface area (Å²) in [4.78, 5) is 6.95. The molecule has 1 aromatic carbocycles. The van der Waals surface area contributed by atoms with E-state index in [1.54, 1.807) is 6.20 Å². The zero-order valence-electron chi connectivity index (χ0n) is 14.4. The molecule has 0 fully saturated rings. The SMILES string of the molecule is C=C1/C(C)=C(C)\N=C(\C(C)C)N(c2ccccc2)C(=C)/C1=C/N. The Morgan fingerprint density at radius 2 is 1.74 bits per heavy atom. The number of nitrogens with zero attached hydrogens (tertiary/aromatic N) is 2. The van der Waals surface area contributed by atoms with Crippen LogP contribution in [0.2, 0.25) is 0 Å². The Hall–Kier alpha value is -2.55. The van der Waals surface area contributed by atoms with Gasteiger partial charge in [-0.05, 0) is 37.1 Å². The van der Waals surface area contributed by atoms with Crippen molar-refractivity contribution in [2.24, 2.45) is 16.6 Å². The Bertz CT molecular complexity index is 719. The number of amidine groups is 1. The number of nitrogens with two attached hydrogens (primary N) is 1. The molecule has 1 aliphatic rings. The van der Waals surface area contributed by atoms with Gasteiger partial charge >= 0.3 is 0 Å². The first-order valence-corrected chi connectivity index (χ1v) is 7.80. The molecule has 3 nitrogen and oxygen atoms in total. The molecule has 2 N–H and O–H groups in total. The van der Waals surface area contributed by atoms with Gasteiger partial charge in [0.05, 0.1) is 0 Å². The summed E-state index contributed by atoms with van der Waals surface area (Å²) in [7, 11) is 0. The number of anilines is 1. The van der Waals surface area contributed by atoms with Crippen molar-refractivity contribution in [2.75, 3.05) is 4.90 Å². The van der Waals surface area contributed by atoms with Gasteiger partial charge in [0.1, 0.15) is 5.84 Å². The Balaban J connectivity index is 2.76. The van der Waals surface area contributed by atoms with Crippen LogP contribution in [-0.2, 0) is 0 Å². The van der Waals surface area contributed by atoms with Gasteiger partial charge in [0.25, 0.3) is 0 Å². The molecule has 0 aliphatic carbocycles. The lowest BCUT2D eigenvalue weighted by Gasteiger charge is -2.33. The largest absolute Gasteiger partial charge is 0.404 e. The van der Waals surface area contributed by atoms with Crippen molar-refractivity contribution in [2.45, 2.75) is 27.7 Å². The van der Waals surface area contributed by atoms with E-state index in [0.717, 1.165) is 39.6 Å². The molecule has 0 bridgehead atoms. The van der Waals surface area contributed by atoms with Crippen molar-refractivity contribution in [3.05, 3.63) is 77.8 Å². The minimum absolute atomic E-state index is 0.236. The van der Waals surface area contributed by atoms with E-state index in [-0.39, 0.29) is 5.92 Å². The minimum atomic E-state index is 0.236. The molecule has 1 aromatic rings. The summed E-state index contributed by atoms with van der Waals surface area (Å²) < 4.78 is 0. The molecule has 0 saturated heterocycles. The lowest BCUT2D eigenvalue weighted by Crippen LogP contribution is -2.35. The molecule has 120 valence electrons. The molecule has 0 unspecified atom stereocenters. The molecular formula is C20H25N3. The van der Waals surface area contributed by atoms with Gasteiger partial charge in [0.15, 0.2) is 0 Å². The molecule has 1 aliphatic heterocycles. The molecule has 0 saturated carbocycles. The van der Waals surface area contributed by atoms with Gasteiger partial charge in [-0.2, -0.15) is 0 Å². The maximum Gasteiger partial charge on any atom is 0.116 e. The Labute approximate surface area is 139 Å². The predicted molar refractivity (Wildman–Crippen MR) is 100 cm³/mol. The molecular weight excluding hydrogens is 282 g/mol. The Morgan fingerprint density at radius 1 is 1.13 bits per heavy atom. The highest BCUT2D eigenvalue weighted by Crippen LogP contribution is 2.34. The van der Waals surface area contributed by atoms with Gasteiger partial charge in [-0.25, -0.2) is 4.99 Å². The third-order valence-corrected chi connectivity index (χ3v) is 4.11. The summed E-state index contributed by atoms with van der Waals surface area (Å²) in [6.45, 7) is 16.8. The van der Waals surface area contributed by atoms with Gasteiger partial charge in [0.2, 0.25) is 0 Å². The average molecular weight is 307 g/mol. The van der Waals surface area contributed by atoms with Crippen LogP contribution in [0.5, 0.6) is 0 Å². The van der Waals surface area contributed by atoms with E-state index in [0.29, 0.717) is 0 Å². The molecule has 0 amide bonds. The van der Waals surface area contributed by atoms with E-state index in [4.69, 9.17) is 10.7 Å². The van der Waals surface area contributed by atoms with Gasteiger partial charge in [-0.15, -0.1) is 0 Å². The van der Waals surface area contributed by atoms with Crippen molar-refractivity contribution in [1.29, 1.82) is 0 Å². The van der Waals surface area contributed by atoms with E-state index in [9.17, 15) is 0 Å². The van der Waals surface area contributed by atoms with Gasteiger partial charge in [-0.3, -0.25) is 4.90 Å². The topological polar surface area (TPSA) is 41.6 Å². The molecule has 0 radical (unpaired) electrons. The number of hydrogen-bond acceptors (Lipinski definition) is 3. The van der Waals surface area contributed by atoms with Crippen LogP contribution >= 0.6 is 0 Å². The van der Waals surface area contributed by atoms with Crippen molar-refractivity contribution in [1.82, 2.24) is 0 Å². The molecule has 0 aromatic heterocycles.